The first-order valence-electron chi connectivity index (χ1n) is 13.0. The summed E-state index contributed by atoms with van der Waals surface area (Å²) in [6.45, 7) is 1.84. The fraction of sp³-hybridized carbons (Fsp3) is 0.0323. The first kappa shape index (κ1) is 29.6. The zero-order valence-corrected chi connectivity index (χ0v) is 25.9. The van der Waals surface area contributed by atoms with E-state index in [0.717, 1.165) is 22.0 Å². The third-order valence-electron chi connectivity index (χ3n) is 6.45. The maximum Gasteiger partial charge on any atom is 0.283 e. The highest BCUT2D eigenvalue weighted by molar-refractivity contribution is 8.18. The van der Waals surface area contributed by atoms with Gasteiger partial charge < -0.3 is 10.6 Å². The summed E-state index contributed by atoms with van der Waals surface area (Å²) >= 11 is 9.89. The Morgan fingerprint density at radius 2 is 1.91 bits per heavy atom. The van der Waals surface area contributed by atoms with Gasteiger partial charge >= 0.3 is 0 Å². The van der Waals surface area contributed by atoms with Crippen LogP contribution in [-0.4, -0.2) is 26.9 Å². The van der Waals surface area contributed by atoms with Gasteiger partial charge in [0, 0.05) is 22.3 Å². The molecule has 1 aliphatic rings. The molecular formula is C31H20ClN5O4S3. The lowest BCUT2D eigenvalue weighted by molar-refractivity contribution is -0.387. The Morgan fingerprint density at radius 1 is 1.09 bits per heavy atom. The Kier molecular flexibility index (Phi) is 8.49. The first-order chi connectivity index (χ1) is 21.2. The molecule has 13 heteroatoms. The molecule has 5 aromatic rings. The second kappa shape index (κ2) is 12.6. The van der Waals surface area contributed by atoms with Crippen LogP contribution >= 0.6 is 46.5 Å². The van der Waals surface area contributed by atoms with Crippen molar-refractivity contribution in [1.29, 1.82) is 0 Å². The molecule has 0 bridgehead atoms. The lowest BCUT2D eigenvalue weighted by atomic mass is 10.2. The van der Waals surface area contributed by atoms with Gasteiger partial charge in [-0.25, -0.2) is 9.98 Å². The van der Waals surface area contributed by atoms with E-state index in [0.29, 0.717) is 52.3 Å². The topological polar surface area (TPSA) is 127 Å². The van der Waals surface area contributed by atoms with Crippen LogP contribution in [0.2, 0.25) is 5.02 Å². The van der Waals surface area contributed by atoms with Crippen LogP contribution in [0.25, 0.3) is 16.3 Å². The van der Waals surface area contributed by atoms with Gasteiger partial charge in [0.2, 0.25) is 0 Å². The zero-order chi connectivity index (χ0) is 30.8. The minimum absolute atomic E-state index is 0.105. The summed E-state index contributed by atoms with van der Waals surface area (Å²) in [6.07, 6.45) is 1.59. The maximum atomic E-state index is 12.6. The Balaban J connectivity index is 1.20. The molecule has 0 radical (unpaired) electrons. The van der Waals surface area contributed by atoms with Gasteiger partial charge in [0.1, 0.15) is 0 Å². The molecule has 1 aliphatic heterocycles. The highest BCUT2D eigenvalue weighted by Gasteiger charge is 2.25. The quantitative estimate of drug-likeness (QED) is 0.102. The summed E-state index contributed by atoms with van der Waals surface area (Å²) in [4.78, 5) is 46.6. The van der Waals surface area contributed by atoms with Crippen LogP contribution < -0.4 is 10.6 Å². The van der Waals surface area contributed by atoms with Gasteiger partial charge in [0.25, 0.3) is 17.5 Å². The third-order valence-corrected chi connectivity index (χ3v) is 9.91. The molecule has 2 amide bonds. The zero-order valence-electron chi connectivity index (χ0n) is 22.7. The molecule has 0 unspecified atom stereocenters. The fourth-order valence-electron chi connectivity index (χ4n) is 4.22. The number of carbonyl (C=O) groups excluding carboxylic acids is 2. The molecule has 2 heterocycles. The van der Waals surface area contributed by atoms with E-state index in [2.05, 4.69) is 20.6 Å². The van der Waals surface area contributed by atoms with Crippen LogP contribution in [0.4, 0.5) is 17.1 Å². The molecule has 44 heavy (non-hydrogen) atoms. The highest BCUT2D eigenvalue weighted by atomic mass is 35.5. The molecular weight excluding hydrogens is 638 g/mol. The van der Waals surface area contributed by atoms with E-state index in [1.165, 1.54) is 29.2 Å². The van der Waals surface area contributed by atoms with Gasteiger partial charge in [-0.15, -0.1) is 11.3 Å². The number of hydrogen-bond donors (Lipinski definition) is 2. The van der Waals surface area contributed by atoms with Crippen molar-refractivity contribution >= 4 is 96.8 Å². The number of nitro benzene ring substituents is 1. The van der Waals surface area contributed by atoms with E-state index in [9.17, 15) is 19.7 Å². The molecule has 1 saturated heterocycles. The normalized spacial score (nSPS) is 14.7. The number of nitrogens with one attached hydrogen (secondary N) is 2. The van der Waals surface area contributed by atoms with Crippen molar-refractivity contribution in [2.75, 3.05) is 5.32 Å². The van der Waals surface area contributed by atoms with Crippen LogP contribution in [0.5, 0.6) is 0 Å². The maximum absolute atomic E-state index is 12.6. The van der Waals surface area contributed by atoms with E-state index in [-0.39, 0.29) is 17.5 Å². The second-order valence-corrected chi connectivity index (χ2v) is 13.2. The van der Waals surface area contributed by atoms with Gasteiger partial charge in [-0.05, 0) is 84.4 Å². The molecule has 1 aromatic heterocycles. The predicted molar refractivity (Wildman–Crippen MR) is 178 cm³/mol. The van der Waals surface area contributed by atoms with Crippen LogP contribution in [0.1, 0.15) is 21.5 Å². The van der Waals surface area contributed by atoms with Crippen LogP contribution in [0.3, 0.4) is 0 Å². The Labute approximate surface area is 268 Å². The number of anilines is 1. The Hall–Kier alpha value is -4.49. The highest BCUT2D eigenvalue weighted by Crippen LogP contribution is 2.40. The average molecular weight is 658 g/mol. The van der Waals surface area contributed by atoms with Gasteiger partial charge in [-0.1, -0.05) is 53.7 Å². The number of rotatable bonds is 7. The summed E-state index contributed by atoms with van der Waals surface area (Å²) in [6, 6.07) is 24.5. The average Bonchev–Trinajstić information content (AvgIpc) is 3.57. The first-order valence-corrected chi connectivity index (χ1v) is 15.8. The van der Waals surface area contributed by atoms with E-state index in [1.807, 2.05) is 19.1 Å². The molecule has 9 nitrogen and oxygen atoms in total. The van der Waals surface area contributed by atoms with Crippen molar-refractivity contribution < 1.29 is 14.5 Å². The summed E-state index contributed by atoms with van der Waals surface area (Å²) < 4.78 is 1.45. The molecule has 6 rings (SSSR count). The number of benzene rings is 4. The third kappa shape index (κ3) is 6.53. The Morgan fingerprint density at radius 3 is 2.70 bits per heavy atom. The number of hydrogen-bond acceptors (Lipinski definition) is 9. The van der Waals surface area contributed by atoms with E-state index in [1.54, 1.807) is 72.8 Å². The predicted octanol–water partition coefficient (Wildman–Crippen LogP) is 8.46. The van der Waals surface area contributed by atoms with E-state index < -0.39 is 4.92 Å². The molecule has 1 fully saturated rings. The number of nitrogens with zero attached hydrogens (tertiary/aromatic N) is 3. The molecule has 0 spiro atoms. The minimum Gasteiger partial charge on any atom is -0.322 e. The van der Waals surface area contributed by atoms with Crippen LogP contribution in [0, 0.1) is 17.0 Å². The van der Waals surface area contributed by atoms with Gasteiger partial charge in [-0.2, -0.15) is 0 Å². The lowest BCUT2D eigenvalue weighted by Gasteiger charge is -2.04. The number of nitro groups is 1. The van der Waals surface area contributed by atoms with E-state index in [4.69, 9.17) is 11.6 Å². The van der Waals surface area contributed by atoms with Crippen molar-refractivity contribution in [3.05, 3.63) is 122 Å². The number of thioether (sulfide) groups is 1. The number of amidine groups is 1. The van der Waals surface area contributed by atoms with Gasteiger partial charge in [-0.3, -0.25) is 19.7 Å². The van der Waals surface area contributed by atoms with Gasteiger partial charge in [0.15, 0.2) is 9.51 Å². The van der Waals surface area contributed by atoms with Crippen LogP contribution in [-0.2, 0) is 4.79 Å². The number of carbonyl (C=O) groups is 2. The summed E-state index contributed by atoms with van der Waals surface area (Å²) in [5, 5.41) is 18.6. The number of aliphatic imine (C=N–C) groups is 1. The number of aromatic nitrogens is 1. The van der Waals surface area contributed by atoms with Gasteiger partial charge in [0.05, 0.1) is 30.6 Å². The molecule has 0 saturated carbocycles. The number of fused-ring (bicyclic) bond motifs is 1. The van der Waals surface area contributed by atoms with E-state index >= 15 is 0 Å². The van der Waals surface area contributed by atoms with Crippen LogP contribution in [0.15, 0.2) is 104 Å². The van der Waals surface area contributed by atoms with Crippen molar-refractivity contribution in [2.24, 2.45) is 4.99 Å². The molecule has 0 aliphatic carbocycles. The monoisotopic (exact) mass is 657 g/mol. The minimum atomic E-state index is -0.453. The lowest BCUT2D eigenvalue weighted by Crippen LogP contribution is -2.19. The Bertz CT molecular complexity index is 2030. The largest absolute Gasteiger partial charge is 0.322 e. The standard InChI is InChI=1S/C31H20ClN5O4S3/c1-17-21(32)8-5-9-22(17)34-30-36-29(39)27(42-30)15-18-10-13-25(24(14-18)37(40)41)43-31-35-23-12-11-20(16-26(23)44-31)33-28(38)19-6-3-2-4-7-19/h2-16H,1H3,(H,33,38)(H,34,36,39)/b27-15-. The van der Waals surface area contributed by atoms with Crippen molar-refractivity contribution in [1.82, 2.24) is 10.3 Å². The molecule has 2 N–H and O–H groups in total. The fourth-order valence-corrected chi connectivity index (χ4v) is 7.38. The second-order valence-electron chi connectivity index (χ2n) is 9.43. The molecule has 4 aromatic carbocycles. The number of halogens is 1. The number of amides is 2. The SMILES string of the molecule is Cc1c(Cl)cccc1N=C1NC(=O)/C(=C/c2ccc(Sc3nc4ccc(NC(=O)c5ccccc5)cc4s3)c([N+](=O)[O-])c2)S1. The smallest absolute Gasteiger partial charge is 0.283 e. The van der Waals surface area contributed by atoms with Crippen molar-refractivity contribution in [3.8, 4) is 0 Å². The summed E-state index contributed by atoms with van der Waals surface area (Å²) in [5.41, 5.74) is 3.72. The number of thiazole rings is 1. The van der Waals surface area contributed by atoms with Crippen molar-refractivity contribution in [2.45, 2.75) is 16.2 Å². The summed E-state index contributed by atoms with van der Waals surface area (Å²) in [5.74, 6) is -0.564. The van der Waals surface area contributed by atoms with Crippen molar-refractivity contribution in [3.63, 3.8) is 0 Å². The summed E-state index contributed by atoms with van der Waals surface area (Å²) in [7, 11) is 0. The molecule has 0 atom stereocenters. The molecule has 218 valence electrons.